The van der Waals surface area contributed by atoms with Crippen LogP contribution in [-0.2, 0) is 16.4 Å². The number of nitrogens with one attached hydrogen (secondary N) is 1. The second-order valence-electron chi connectivity index (χ2n) is 4.44. The van der Waals surface area contributed by atoms with Crippen molar-refractivity contribution < 1.29 is 8.42 Å². The smallest absolute Gasteiger partial charge is 0.286 e. The molecule has 1 N–H and O–H groups in total. The molecule has 4 nitrogen and oxygen atoms in total. The molecule has 1 aliphatic rings. The molecular weight excluding hydrogens is 296 g/mol. The highest BCUT2D eigenvalue weighted by Crippen LogP contribution is 2.30. The van der Waals surface area contributed by atoms with E-state index >= 15 is 0 Å². The van der Waals surface area contributed by atoms with E-state index in [1.165, 1.54) is 12.1 Å². The average molecular weight is 307 g/mol. The van der Waals surface area contributed by atoms with Gasteiger partial charge in [0, 0.05) is 11.4 Å². The van der Waals surface area contributed by atoms with Crippen LogP contribution in [0.4, 0.5) is 5.69 Å². The van der Waals surface area contributed by atoms with E-state index in [0.717, 1.165) is 5.56 Å². The highest BCUT2D eigenvalue weighted by Gasteiger charge is 2.24. The van der Waals surface area contributed by atoms with Crippen molar-refractivity contribution in [1.29, 1.82) is 0 Å². The number of benzene rings is 2. The van der Waals surface area contributed by atoms with Gasteiger partial charge in [-0.1, -0.05) is 41.9 Å². The van der Waals surface area contributed by atoms with E-state index in [2.05, 4.69) is 9.71 Å². The molecular formula is C14H11ClN2O2S. The summed E-state index contributed by atoms with van der Waals surface area (Å²) in [4.78, 5) is 0.152. The maximum Gasteiger partial charge on any atom is 0.286 e. The number of hydrogen-bond donors (Lipinski definition) is 1. The normalized spacial score (nSPS) is 15.9. The zero-order valence-corrected chi connectivity index (χ0v) is 11.9. The molecule has 0 radical (unpaired) electrons. The van der Waals surface area contributed by atoms with Gasteiger partial charge in [-0.2, -0.15) is 8.42 Å². The second kappa shape index (κ2) is 4.92. The van der Waals surface area contributed by atoms with Crippen LogP contribution in [-0.4, -0.2) is 14.3 Å². The van der Waals surface area contributed by atoms with E-state index in [4.69, 9.17) is 11.6 Å². The Kier molecular flexibility index (Phi) is 3.23. The maximum atomic E-state index is 12.1. The molecule has 2 aromatic carbocycles. The number of fused-ring (bicyclic) bond motifs is 1. The summed E-state index contributed by atoms with van der Waals surface area (Å²) >= 11 is 5.90. The summed E-state index contributed by atoms with van der Waals surface area (Å²) in [5.74, 6) is 0.394. The predicted molar refractivity (Wildman–Crippen MR) is 79.8 cm³/mol. The lowest BCUT2D eigenvalue weighted by Crippen LogP contribution is -2.23. The average Bonchev–Trinajstić information content (AvgIpc) is 2.38. The number of hydrogen-bond acceptors (Lipinski definition) is 3. The van der Waals surface area contributed by atoms with E-state index in [1.807, 2.05) is 30.3 Å². The van der Waals surface area contributed by atoms with Crippen LogP contribution in [0.25, 0.3) is 0 Å². The fraction of sp³-hybridized carbons (Fsp3) is 0.0714. The molecule has 0 fully saturated rings. The first-order valence-electron chi connectivity index (χ1n) is 5.99. The lowest BCUT2D eigenvalue weighted by atomic mass is 10.1. The molecule has 2 aromatic rings. The van der Waals surface area contributed by atoms with Gasteiger partial charge in [-0.05, 0) is 23.8 Å². The Bertz CT molecular complexity index is 786. The molecule has 0 saturated heterocycles. The number of halogens is 1. The third-order valence-electron chi connectivity index (χ3n) is 2.94. The van der Waals surface area contributed by atoms with E-state index in [-0.39, 0.29) is 4.90 Å². The molecule has 1 aliphatic heterocycles. The van der Waals surface area contributed by atoms with E-state index in [0.29, 0.717) is 23.0 Å². The lowest BCUT2D eigenvalue weighted by molar-refractivity contribution is 0.597. The molecule has 0 amide bonds. The zero-order chi connectivity index (χ0) is 14.2. The van der Waals surface area contributed by atoms with Crippen molar-refractivity contribution >= 4 is 33.1 Å². The fourth-order valence-electron chi connectivity index (χ4n) is 2.06. The molecule has 1 heterocycles. The van der Waals surface area contributed by atoms with Crippen LogP contribution in [0.5, 0.6) is 0 Å². The van der Waals surface area contributed by atoms with Gasteiger partial charge in [0.15, 0.2) is 0 Å². The van der Waals surface area contributed by atoms with Crippen LogP contribution in [0.15, 0.2) is 57.8 Å². The van der Waals surface area contributed by atoms with Crippen molar-refractivity contribution in [3.8, 4) is 0 Å². The predicted octanol–water partition coefficient (Wildman–Crippen LogP) is 3.10. The number of nitrogens with zero attached hydrogens (tertiary/aromatic N) is 1. The van der Waals surface area contributed by atoms with Crippen molar-refractivity contribution in [2.45, 2.75) is 11.3 Å². The molecule has 0 unspecified atom stereocenters. The van der Waals surface area contributed by atoms with Crippen LogP contribution >= 0.6 is 11.6 Å². The first kappa shape index (κ1) is 13.1. The van der Waals surface area contributed by atoms with Gasteiger partial charge in [0.25, 0.3) is 10.0 Å². The minimum Gasteiger partial charge on any atom is -0.342 e. The van der Waals surface area contributed by atoms with E-state index < -0.39 is 10.0 Å². The van der Waals surface area contributed by atoms with Crippen molar-refractivity contribution in [2.24, 2.45) is 4.40 Å². The maximum absolute atomic E-state index is 12.1. The highest BCUT2D eigenvalue weighted by atomic mass is 35.5. The summed E-state index contributed by atoms with van der Waals surface area (Å²) < 4.78 is 28.0. The first-order valence-corrected chi connectivity index (χ1v) is 7.81. The van der Waals surface area contributed by atoms with Gasteiger partial charge < -0.3 is 5.32 Å². The minimum atomic E-state index is -3.66. The summed E-state index contributed by atoms with van der Waals surface area (Å²) in [6.07, 6.45) is 0.423. The van der Waals surface area contributed by atoms with Gasteiger partial charge in [0.1, 0.15) is 10.7 Å². The first-order chi connectivity index (χ1) is 9.54. The quantitative estimate of drug-likeness (QED) is 0.927. The monoisotopic (exact) mass is 306 g/mol. The topological polar surface area (TPSA) is 58.5 Å². The summed E-state index contributed by atoms with van der Waals surface area (Å²) in [6, 6.07) is 14.1. The van der Waals surface area contributed by atoms with Gasteiger partial charge in [-0.3, -0.25) is 0 Å². The SMILES string of the molecule is O=S1(=O)N=C(Cc2ccccc2)Nc2cc(Cl)ccc21. The van der Waals surface area contributed by atoms with Crippen LogP contribution < -0.4 is 5.32 Å². The number of amidine groups is 1. The molecule has 0 spiro atoms. The van der Waals surface area contributed by atoms with Crippen LogP contribution in [0.3, 0.4) is 0 Å². The van der Waals surface area contributed by atoms with Crippen LogP contribution in [0.1, 0.15) is 5.56 Å². The molecule has 0 aromatic heterocycles. The van der Waals surface area contributed by atoms with Gasteiger partial charge in [-0.25, -0.2) is 0 Å². The molecule has 20 heavy (non-hydrogen) atoms. The van der Waals surface area contributed by atoms with Crippen molar-refractivity contribution in [1.82, 2.24) is 0 Å². The van der Waals surface area contributed by atoms with Gasteiger partial charge in [0.05, 0.1) is 5.69 Å². The standard InChI is InChI=1S/C14H11ClN2O2S/c15-11-6-7-13-12(9-11)16-14(17-20(13,18)19)8-10-4-2-1-3-5-10/h1-7,9H,8H2,(H,16,17). The van der Waals surface area contributed by atoms with Crippen molar-refractivity contribution in [3.63, 3.8) is 0 Å². The van der Waals surface area contributed by atoms with E-state index in [1.54, 1.807) is 6.07 Å². The van der Waals surface area contributed by atoms with Gasteiger partial charge in [-0.15, -0.1) is 4.40 Å². The Morgan fingerprint density at radius 3 is 2.60 bits per heavy atom. The summed E-state index contributed by atoms with van der Waals surface area (Å²) in [5, 5.41) is 3.51. The Morgan fingerprint density at radius 1 is 1.10 bits per heavy atom. The molecule has 0 aliphatic carbocycles. The zero-order valence-electron chi connectivity index (χ0n) is 10.4. The Balaban J connectivity index is 1.98. The number of sulfonamides is 1. The Morgan fingerprint density at radius 2 is 1.85 bits per heavy atom. The van der Waals surface area contributed by atoms with Crippen LogP contribution in [0, 0.1) is 0 Å². The molecule has 3 rings (SSSR count). The molecule has 6 heteroatoms. The number of rotatable bonds is 2. The summed E-state index contributed by atoms with van der Waals surface area (Å²) in [7, 11) is -3.66. The summed E-state index contributed by atoms with van der Waals surface area (Å²) in [6.45, 7) is 0. The Hall–Kier alpha value is -1.85. The van der Waals surface area contributed by atoms with Gasteiger partial charge in [0.2, 0.25) is 0 Å². The molecule has 0 atom stereocenters. The van der Waals surface area contributed by atoms with Gasteiger partial charge >= 0.3 is 0 Å². The molecule has 0 saturated carbocycles. The largest absolute Gasteiger partial charge is 0.342 e. The van der Waals surface area contributed by atoms with Crippen LogP contribution in [0.2, 0.25) is 5.02 Å². The lowest BCUT2D eigenvalue weighted by Gasteiger charge is -2.18. The third kappa shape index (κ3) is 2.55. The second-order valence-corrected chi connectivity index (χ2v) is 6.45. The molecule has 0 bridgehead atoms. The fourth-order valence-corrected chi connectivity index (χ4v) is 3.36. The van der Waals surface area contributed by atoms with E-state index in [9.17, 15) is 8.42 Å². The van der Waals surface area contributed by atoms with Crippen molar-refractivity contribution in [3.05, 3.63) is 59.1 Å². The number of anilines is 1. The third-order valence-corrected chi connectivity index (χ3v) is 4.55. The Labute approximate surface area is 122 Å². The summed E-state index contributed by atoms with van der Waals surface area (Å²) in [5.41, 5.74) is 1.46. The minimum absolute atomic E-state index is 0.152. The molecule has 102 valence electrons. The highest BCUT2D eigenvalue weighted by molar-refractivity contribution is 7.90. The van der Waals surface area contributed by atoms with Crippen molar-refractivity contribution in [2.75, 3.05) is 5.32 Å².